The van der Waals surface area contributed by atoms with Crippen molar-refractivity contribution in [3.05, 3.63) is 0 Å². The second-order valence-corrected chi connectivity index (χ2v) is 4.36. The minimum Gasteiger partial charge on any atom is -0.283 e. The molecule has 2 atom stereocenters. The summed E-state index contributed by atoms with van der Waals surface area (Å²) in [7, 11) is 0. The van der Waals surface area contributed by atoms with Crippen LogP contribution in [-0.2, 0) is 0 Å². The quantitative estimate of drug-likeness (QED) is 0.460. The molecule has 0 saturated carbocycles. The zero-order chi connectivity index (χ0) is 6.48. The van der Waals surface area contributed by atoms with Crippen LogP contribution in [0.15, 0.2) is 4.99 Å². The normalized spacial score (nSPS) is 46.4. The summed E-state index contributed by atoms with van der Waals surface area (Å²) < 4.78 is 2.01. The second-order valence-electron chi connectivity index (χ2n) is 1.96. The van der Waals surface area contributed by atoms with Crippen LogP contribution in [0.5, 0.6) is 0 Å². The van der Waals surface area contributed by atoms with Gasteiger partial charge in [0.15, 0.2) is 0 Å². The molecule has 0 aromatic rings. The van der Waals surface area contributed by atoms with Crippen LogP contribution < -0.4 is 5.73 Å². The van der Waals surface area contributed by atoms with Gasteiger partial charge in [-0.05, 0) is 18.4 Å². The monoisotopic (exact) mass is 161 g/mol. The smallest absolute Gasteiger partial charge is 0.249 e. The molecule has 0 aromatic heterocycles. The van der Waals surface area contributed by atoms with Crippen molar-refractivity contribution in [1.29, 1.82) is 0 Å². The van der Waals surface area contributed by atoms with Crippen molar-refractivity contribution in [2.75, 3.05) is 0 Å². The zero-order valence-electron chi connectivity index (χ0n) is 5.00. The zero-order valence-corrected chi connectivity index (χ0v) is 6.63. The number of nitrogens with two attached hydrogens (primary N) is 1. The molecule has 50 valence electrons. The lowest BCUT2D eigenvalue weighted by atomic mass is 10.5. The van der Waals surface area contributed by atoms with Crippen molar-refractivity contribution >= 4 is 28.9 Å². The van der Waals surface area contributed by atoms with Gasteiger partial charge in [-0.1, -0.05) is 6.92 Å². The molecule has 1 fully saturated rings. The van der Waals surface area contributed by atoms with Crippen molar-refractivity contribution in [3.8, 4) is 0 Å². The molecular formula is C4H7N3S2. The average Bonchev–Trinajstić information content (AvgIpc) is 2.33. The summed E-state index contributed by atoms with van der Waals surface area (Å²) in [4.78, 5) is 4.26. The Bertz CT molecular complexity index is 181. The molecule has 1 saturated heterocycles. The molecule has 0 aromatic carbocycles. The van der Waals surface area contributed by atoms with Crippen molar-refractivity contribution in [2.24, 2.45) is 10.7 Å². The van der Waals surface area contributed by atoms with Gasteiger partial charge in [0.05, 0.1) is 5.04 Å². The first-order chi connectivity index (χ1) is 4.24. The molecule has 2 N–H and O–H groups in total. The predicted molar refractivity (Wildman–Crippen MR) is 41.7 cm³/mol. The van der Waals surface area contributed by atoms with E-state index in [4.69, 9.17) is 5.73 Å². The fourth-order valence-corrected chi connectivity index (χ4v) is 2.66. The van der Waals surface area contributed by atoms with Gasteiger partial charge in [-0.3, -0.25) is 5.73 Å². The maximum Gasteiger partial charge on any atom is 0.249 e. The summed E-state index contributed by atoms with van der Waals surface area (Å²) in [5.41, 5.74) is 5.70. The molecule has 0 amide bonds. The van der Waals surface area contributed by atoms with Crippen molar-refractivity contribution in [1.82, 2.24) is 3.71 Å². The van der Waals surface area contributed by atoms with E-state index in [1.54, 1.807) is 23.9 Å². The van der Waals surface area contributed by atoms with Gasteiger partial charge in [0, 0.05) is 11.9 Å². The minimum atomic E-state index is -0.365. The van der Waals surface area contributed by atoms with Crippen LogP contribution in [0, 0.1) is 0 Å². The van der Waals surface area contributed by atoms with Gasteiger partial charge in [-0.2, -0.15) is 0 Å². The van der Waals surface area contributed by atoms with Crippen LogP contribution in [0.3, 0.4) is 0 Å². The first kappa shape index (κ1) is 6.03. The summed E-state index contributed by atoms with van der Waals surface area (Å²) in [6.07, 6.45) is 1.00. The van der Waals surface area contributed by atoms with E-state index < -0.39 is 0 Å². The molecule has 0 spiro atoms. The number of fused-ring (bicyclic) bond motifs is 1. The lowest BCUT2D eigenvalue weighted by Gasteiger charge is -1.91. The van der Waals surface area contributed by atoms with Gasteiger partial charge in [-0.15, -0.1) is 3.71 Å². The van der Waals surface area contributed by atoms with Gasteiger partial charge in [0.1, 0.15) is 0 Å². The third-order valence-corrected chi connectivity index (χ3v) is 3.63. The topological polar surface area (TPSA) is 41.4 Å². The molecule has 0 radical (unpaired) electrons. The van der Waals surface area contributed by atoms with Gasteiger partial charge in [0.25, 0.3) is 0 Å². The number of aliphatic imine (C=N–C) groups is 1. The summed E-state index contributed by atoms with van der Waals surface area (Å²) in [6.45, 7) is 2.09. The molecule has 2 rings (SSSR count). The Labute approximate surface area is 62.3 Å². The van der Waals surface area contributed by atoms with Crippen LogP contribution in [-0.4, -0.2) is 13.9 Å². The Kier molecular flexibility index (Phi) is 1.11. The van der Waals surface area contributed by atoms with E-state index >= 15 is 0 Å². The second kappa shape index (κ2) is 1.66. The highest BCUT2D eigenvalue weighted by atomic mass is 32.2. The van der Waals surface area contributed by atoms with E-state index in [-0.39, 0.29) is 5.12 Å². The third kappa shape index (κ3) is 0.797. The van der Waals surface area contributed by atoms with Crippen molar-refractivity contribution < 1.29 is 0 Å². The number of hydrogen-bond donors (Lipinski definition) is 1. The van der Waals surface area contributed by atoms with E-state index in [1.165, 1.54) is 0 Å². The van der Waals surface area contributed by atoms with Crippen LogP contribution in [0.2, 0.25) is 0 Å². The molecule has 2 unspecified atom stereocenters. The first-order valence-electron chi connectivity index (χ1n) is 2.79. The van der Waals surface area contributed by atoms with Gasteiger partial charge in [-0.25, -0.2) is 4.99 Å². The molecular weight excluding hydrogens is 154 g/mol. The molecule has 2 aliphatic heterocycles. The average molecular weight is 161 g/mol. The molecule has 3 nitrogen and oxygen atoms in total. The van der Waals surface area contributed by atoms with Crippen molar-refractivity contribution in [2.45, 2.75) is 18.5 Å². The van der Waals surface area contributed by atoms with Crippen LogP contribution in [0.25, 0.3) is 0 Å². The highest BCUT2D eigenvalue weighted by molar-refractivity contribution is 8.26. The lowest BCUT2D eigenvalue weighted by molar-refractivity contribution is 0.620. The number of hydrogen-bond acceptors (Lipinski definition) is 5. The van der Waals surface area contributed by atoms with Crippen LogP contribution in [0.4, 0.5) is 0 Å². The molecule has 0 aliphatic carbocycles. The predicted octanol–water partition coefficient (Wildman–Crippen LogP) is 0.990. The van der Waals surface area contributed by atoms with E-state index in [1.807, 2.05) is 3.71 Å². The van der Waals surface area contributed by atoms with E-state index in [2.05, 4.69) is 11.9 Å². The van der Waals surface area contributed by atoms with Crippen molar-refractivity contribution in [3.63, 3.8) is 0 Å². The number of rotatable bonds is 1. The standard InChI is InChI=1S/C4H7N3S2/c1-2-3-6-4(5)7(8-3)9-4/h2,5H2,1H3. The maximum absolute atomic E-state index is 5.70. The highest BCUT2D eigenvalue weighted by Gasteiger charge is 2.57. The Hall–Kier alpha value is 0.290. The van der Waals surface area contributed by atoms with E-state index in [0.717, 1.165) is 11.5 Å². The Morgan fingerprint density at radius 1 is 1.89 bits per heavy atom. The fraction of sp³-hybridized carbons (Fsp3) is 0.750. The van der Waals surface area contributed by atoms with Crippen LogP contribution >= 0.6 is 23.9 Å². The first-order valence-corrected chi connectivity index (χ1v) is 4.34. The van der Waals surface area contributed by atoms with Crippen LogP contribution in [0.1, 0.15) is 13.3 Å². The van der Waals surface area contributed by atoms with Gasteiger partial charge < -0.3 is 0 Å². The molecule has 2 aliphatic rings. The molecule has 9 heavy (non-hydrogen) atoms. The highest BCUT2D eigenvalue weighted by Crippen LogP contribution is 2.59. The summed E-state index contributed by atoms with van der Waals surface area (Å²) in [6, 6.07) is 0. The fourth-order valence-electron chi connectivity index (χ4n) is 0.685. The third-order valence-electron chi connectivity index (χ3n) is 1.22. The van der Waals surface area contributed by atoms with E-state index in [9.17, 15) is 0 Å². The SMILES string of the molecule is CCC1=NC2(N)SN2S1. The Balaban J connectivity index is 2.16. The maximum atomic E-state index is 5.70. The number of nitrogens with zero attached hydrogens (tertiary/aromatic N) is 2. The largest absolute Gasteiger partial charge is 0.283 e. The molecule has 0 bridgehead atoms. The molecule has 5 heteroatoms. The summed E-state index contributed by atoms with van der Waals surface area (Å²) in [5, 5.41) is 0.784. The molecule has 2 heterocycles. The Morgan fingerprint density at radius 2 is 2.67 bits per heavy atom. The minimum absolute atomic E-state index is 0.365. The summed E-state index contributed by atoms with van der Waals surface area (Å²) in [5.74, 6) is 0. The van der Waals surface area contributed by atoms with Gasteiger partial charge in [0.2, 0.25) is 5.12 Å². The summed E-state index contributed by atoms with van der Waals surface area (Å²) >= 11 is 3.25. The Morgan fingerprint density at radius 3 is 3.00 bits per heavy atom. The van der Waals surface area contributed by atoms with E-state index in [0.29, 0.717) is 0 Å². The van der Waals surface area contributed by atoms with Gasteiger partial charge >= 0.3 is 0 Å². The lowest BCUT2D eigenvalue weighted by Crippen LogP contribution is -2.20.